The molecular formula is C20H22ClN3O2S. The molecule has 2 amide bonds. The SMILES string of the molecule is CCCC(=O)Nc1ccc(Cl)c(NC(=S)NC(=O)CCc2ccccc2)c1. The van der Waals surface area contributed by atoms with Crippen LogP contribution in [0.1, 0.15) is 31.7 Å². The van der Waals surface area contributed by atoms with E-state index in [2.05, 4.69) is 16.0 Å². The zero-order chi connectivity index (χ0) is 19.6. The second-order valence-electron chi connectivity index (χ2n) is 5.98. The molecule has 0 heterocycles. The van der Waals surface area contributed by atoms with Gasteiger partial charge >= 0.3 is 0 Å². The van der Waals surface area contributed by atoms with Crippen LogP contribution in [-0.2, 0) is 16.0 Å². The first-order valence-electron chi connectivity index (χ1n) is 8.72. The van der Waals surface area contributed by atoms with Crippen molar-refractivity contribution in [2.45, 2.75) is 32.6 Å². The number of amides is 2. The highest BCUT2D eigenvalue weighted by Gasteiger charge is 2.09. The van der Waals surface area contributed by atoms with Crippen LogP contribution in [-0.4, -0.2) is 16.9 Å². The summed E-state index contributed by atoms with van der Waals surface area (Å²) in [4.78, 5) is 23.8. The number of nitrogens with one attached hydrogen (secondary N) is 3. The lowest BCUT2D eigenvalue weighted by molar-refractivity contribution is -0.119. The molecule has 0 atom stereocenters. The van der Waals surface area contributed by atoms with Crippen molar-refractivity contribution < 1.29 is 9.59 Å². The first kappa shape index (κ1) is 20.9. The predicted octanol–water partition coefficient (Wildman–Crippen LogP) is 4.52. The summed E-state index contributed by atoms with van der Waals surface area (Å²) in [6, 6.07) is 14.8. The predicted molar refractivity (Wildman–Crippen MR) is 114 cm³/mol. The summed E-state index contributed by atoms with van der Waals surface area (Å²) in [5.74, 6) is -0.248. The fraction of sp³-hybridized carbons (Fsp3) is 0.250. The second-order valence-corrected chi connectivity index (χ2v) is 6.80. The summed E-state index contributed by atoms with van der Waals surface area (Å²) < 4.78 is 0. The van der Waals surface area contributed by atoms with Crippen LogP contribution in [0.5, 0.6) is 0 Å². The molecule has 3 N–H and O–H groups in total. The van der Waals surface area contributed by atoms with Gasteiger partial charge in [-0.1, -0.05) is 48.9 Å². The number of rotatable bonds is 7. The average molecular weight is 404 g/mol. The van der Waals surface area contributed by atoms with E-state index in [9.17, 15) is 9.59 Å². The van der Waals surface area contributed by atoms with Gasteiger partial charge in [0.25, 0.3) is 0 Å². The van der Waals surface area contributed by atoms with Gasteiger partial charge < -0.3 is 16.0 Å². The van der Waals surface area contributed by atoms with Crippen LogP contribution in [0.4, 0.5) is 11.4 Å². The molecule has 7 heteroatoms. The van der Waals surface area contributed by atoms with E-state index >= 15 is 0 Å². The first-order chi connectivity index (χ1) is 13.0. The van der Waals surface area contributed by atoms with Gasteiger partial charge in [-0.2, -0.15) is 0 Å². The Morgan fingerprint density at radius 2 is 1.74 bits per heavy atom. The van der Waals surface area contributed by atoms with Crippen molar-refractivity contribution in [1.29, 1.82) is 0 Å². The molecular weight excluding hydrogens is 382 g/mol. The Hall–Kier alpha value is -2.44. The van der Waals surface area contributed by atoms with Crippen LogP contribution in [0, 0.1) is 0 Å². The Bertz CT molecular complexity index is 812. The van der Waals surface area contributed by atoms with Gasteiger partial charge in [0.2, 0.25) is 11.8 Å². The number of hydrogen-bond acceptors (Lipinski definition) is 3. The standard InChI is InChI=1S/C20H22ClN3O2S/c1-2-6-18(25)22-15-10-11-16(21)17(13-15)23-20(27)24-19(26)12-9-14-7-4-3-5-8-14/h3-5,7-8,10-11,13H,2,6,9,12H2,1H3,(H,22,25)(H2,23,24,26,27). The number of thiocarbonyl (C=S) groups is 1. The van der Waals surface area contributed by atoms with Gasteiger partial charge in [0.1, 0.15) is 0 Å². The number of benzene rings is 2. The number of carbonyl (C=O) groups is 2. The summed E-state index contributed by atoms with van der Waals surface area (Å²) in [7, 11) is 0. The number of aryl methyl sites for hydroxylation is 1. The quantitative estimate of drug-likeness (QED) is 0.594. The van der Waals surface area contributed by atoms with Crippen molar-refractivity contribution in [3.05, 3.63) is 59.1 Å². The van der Waals surface area contributed by atoms with Crippen LogP contribution in [0.15, 0.2) is 48.5 Å². The zero-order valence-corrected chi connectivity index (χ0v) is 16.6. The van der Waals surface area contributed by atoms with Crippen LogP contribution < -0.4 is 16.0 Å². The first-order valence-corrected chi connectivity index (χ1v) is 9.50. The summed E-state index contributed by atoms with van der Waals surface area (Å²) in [5.41, 5.74) is 2.21. The summed E-state index contributed by atoms with van der Waals surface area (Å²) in [6.07, 6.45) is 2.17. The number of hydrogen-bond donors (Lipinski definition) is 3. The van der Waals surface area contributed by atoms with Gasteiger partial charge in [-0.15, -0.1) is 0 Å². The summed E-state index contributed by atoms with van der Waals surface area (Å²) in [6.45, 7) is 1.94. The molecule has 0 unspecified atom stereocenters. The Labute approximate surface area is 169 Å². The Balaban J connectivity index is 1.88. The van der Waals surface area contributed by atoms with E-state index in [1.165, 1.54) is 0 Å². The molecule has 0 radical (unpaired) electrons. The topological polar surface area (TPSA) is 70.2 Å². The number of carbonyl (C=O) groups excluding carboxylic acids is 2. The maximum absolute atomic E-state index is 12.1. The molecule has 0 aromatic heterocycles. The van der Waals surface area contributed by atoms with Crippen molar-refractivity contribution in [3.63, 3.8) is 0 Å². The normalized spacial score (nSPS) is 10.1. The van der Waals surface area contributed by atoms with Crippen molar-refractivity contribution >= 4 is 52.1 Å². The molecule has 0 bridgehead atoms. The lowest BCUT2D eigenvalue weighted by Gasteiger charge is -2.13. The molecule has 0 fully saturated rings. The summed E-state index contributed by atoms with van der Waals surface area (Å²) >= 11 is 11.4. The van der Waals surface area contributed by atoms with E-state index in [0.29, 0.717) is 35.7 Å². The lowest BCUT2D eigenvalue weighted by atomic mass is 10.1. The average Bonchev–Trinajstić information content (AvgIpc) is 2.64. The zero-order valence-electron chi connectivity index (χ0n) is 15.0. The minimum Gasteiger partial charge on any atom is -0.331 e. The number of halogens is 1. The highest BCUT2D eigenvalue weighted by atomic mass is 35.5. The van der Waals surface area contributed by atoms with Gasteiger partial charge in [0.05, 0.1) is 10.7 Å². The van der Waals surface area contributed by atoms with Gasteiger partial charge in [0, 0.05) is 18.5 Å². The van der Waals surface area contributed by atoms with Crippen molar-refractivity contribution in [2.24, 2.45) is 0 Å². The third kappa shape index (κ3) is 7.37. The maximum Gasteiger partial charge on any atom is 0.226 e. The molecule has 27 heavy (non-hydrogen) atoms. The van der Waals surface area contributed by atoms with E-state index in [0.717, 1.165) is 12.0 Å². The minimum absolute atomic E-state index is 0.0671. The fourth-order valence-corrected chi connectivity index (χ4v) is 2.78. The van der Waals surface area contributed by atoms with E-state index < -0.39 is 0 Å². The molecule has 0 saturated heterocycles. The largest absolute Gasteiger partial charge is 0.331 e. The third-order valence-corrected chi connectivity index (χ3v) is 4.25. The highest BCUT2D eigenvalue weighted by molar-refractivity contribution is 7.80. The Kier molecular flexibility index (Phi) is 8.23. The van der Waals surface area contributed by atoms with Gasteiger partial charge in [-0.05, 0) is 48.8 Å². The Morgan fingerprint density at radius 3 is 2.44 bits per heavy atom. The molecule has 0 saturated carbocycles. The summed E-state index contributed by atoms with van der Waals surface area (Å²) in [5, 5.41) is 8.93. The van der Waals surface area contributed by atoms with Gasteiger partial charge in [-0.3, -0.25) is 9.59 Å². The van der Waals surface area contributed by atoms with Crippen molar-refractivity contribution in [3.8, 4) is 0 Å². The molecule has 2 rings (SSSR count). The van der Waals surface area contributed by atoms with E-state index in [1.54, 1.807) is 18.2 Å². The van der Waals surface area contributed by atoms with Gasteiger partial charge in [0.15, 0.2) is 5.11 Å². The minimum atomic E-state index is -0.181. The lowest BCUT2D eigenvalue weighted by Crippen LogP contribution is -2.34. The maximum atomic E-state index is 12.1. The van der Waals surface area contributed by atoms with E-state index in [4.69, 9.17) is 23.8 Å². The number of anilines is 2. The molecule has 2 aromatic carbocycles. The van der Waals surface area contributed by atoms with Crippen LogP contribution in [0.3, 0.4) is 0 Å². The van der Waals surface area contributed by atoms with Crippen molar-refractivity contribution in [1.82, 2.24) is 5.32 Å². The van der Waals surface area contributed by atoms with Crippen LogP contribution in [0.25, 0.3) is 0 Å². The second kappa shape index (κ2) is 10.6. The highest BCUT2D eigenvalue weighted by Crippen LogP contribution is 2.25. The molecule has 0 aliphatic carbocycles. The fourth-order valence-electron chi connectivity index (χ4n) is 2.39. The molecule has 2 aromatic rings. The Morgan fingerprint density at radius 1 is 1.00 bits per heavy atom. The molecule has 0 aliphatic heterocycles. The van der Waals surface area contributed by atoms with Crippen LogP contribution in [0.2, 0.25) is 5.02 Å². The smallest absolute Gasteiger partial charge is 0.226 e. The van der Waals surface area contributed by atoms with E-state index in [-0.39, 0.29) is 16.9 Å². The third-order valence-electron chi connectivity index (χ3n) is 3.71. The molecule has 0 spiro atoms. The molecule has 142 valence electrons. The molecule has 0 aliphatic rings. The molecule has 5 nitrogen and oxygen atoms in total. The van der Waals surface area contributed by atoms with Crippen LogP contribution >= 0.6 is 23.8 Å². The monoisotopic (exact) mass is 403 g/mol. The van der Waals surface area contributed by atoms with E-state index in [1.807, 2.05) is 37.3 Å². The van der Waals surface area contributed by atoms with Crippen molar-refractivity contribution in [2.75, 3.05) is 10.6 Å². The van der Waals surface area contributed by atoms with Gasteiger partial charge in [-0.25, -0.2) is 0 Å².